The number of amides is 1. The lowest BCUT2D eigenvalue weighted by atomic mass is 9.77. The molecule has 0 saturated carbocycles. The van der Waals surface area contributed by atoms with Gasteiger partial charge in [-0.1, -0.05) is 0 Å². The van der Waals surface area contributed by atoms with Gasteiger partial charge in [-0.25, -0.2) is 4.39 Å². The van der Waals surface area contributed by atoms with Gasteiger partial charge in [0.05, 0.1) is 5.60 Å². The van der Waals surface area contributed by atoms with Gasteiger partial charge < -0.3 is 16.2 Å². The molecule has 4 N–H and O–H groups in total. The van der Waals surface area contributed by atoms with E-state index in [0.717, 1.165) is 0 Å². The Bertz CT molecular complexity index is 598. The molecule has 0 radical (unpaired) electrons. The summed E-state index contributed by atoms with van der Waals surface area (Å²) in [5.74, 6) is -0.815. The molecule has 0 saturated heterocycles. The number of carbonyl (C=O) groups is 1. The highest BCUT2D eigenvalue weighted by molar-refractivity contribution is 5.93. The van der Waals surface area contributed by atoms with E-state index in [1.807, 2.05) is 0 Å². The fraction of sp³-hybridized carbons (Fsp3) is 0.429. The zero-order valence-electron chi connectivity index (χ0n) is 11.7. The maximum atomic E-state index is 14.2. The Hall–Kier alpha value is -1.95. The van der Waals surface area contributed by atoms with E-state index in [1.165, 1.54) is 18.2 Å². The highest BCUT2D eigenvalue weighted by Gasteiger charge is 2.47. The van der Waals surface area contributed by atoms with Crippen molar-refractivity contribution in [3.05, 3.63) is 35.1 Å². The second-order valence-corrected chi connectivity index (χ2v) is 5.53. The number of benzene rings is 1. The predicted molar refractivity (Wildman–Crippen MR) is 73.9 cm³/mol. The Balaban J connectivity index is 2.66. The van der Waals surface area contributed by atoms with Crippen LogP contribution in [0.15, 0.2) is 23.2 Å². The summed E-state index contributed by atoms with van der Waals surface area (Å²) in [4.78, 5) is 15.7. The lowest BCUT2D eigenvalue weighted by Gasteiger charge is -2.44. The molecule has 5 nitrogen and oxygen atoms in total. The van der Waals surface area contributed by atoms with Crippen molar-refractivity contribution in [2.45, 2.75) is 31.9 Å². The second-order valence-electron chi connectivity index (χ2n) is 5.53. The topological polar surface area (TPSA) is 90.7 Å². The molecule has 0 fully saturated rings. The van der Waals surface area contributed by atoms with Crippen molar-refractivity contribution in [3.8, 4) is 0 Å². The summed E-state index contributed by atoms with van der Waals surface area (Å²) in [5.41, 5.74) is 9.62. The smallest absolute Gasteiger partial charge is 0.248 e. The van der Waals surface area contributed by atoms with Gasteiger partial charge >= 0.3 is 0 Å². The summed E-state index contributed by atoms with van der Waals surface area (Å²) in [5, 5.41) is 0. The minimum Gasteiger partial charge on any atom is -0.386 e. The molecular weight excluding hydrogens is 261 g/mol. The van der Waals surface area contributed by atoms with Gasteiger partial charge in [-0.15, -0.1) is 0 Å². The molecule has 0 aromatic heterocycles. The van der Waals surface area contributed by atoms with Gasteiger partial charge in [0, 0.05) is 11.1 Å². The molecule has 1 aromatic carbocycles. The van der Waals surface area contributed by atoms with Crippen molar-refractivity contribution < 1.29 is 13.9 Å². The van der Waals surface area contributed by atoms with Gasteiger partial charge in [-0.05, 0) is 39.0 Å². The molecule has 1 aromatic rings. The van der Waals surface area contributed by atoms with Crippen molar-refractivity contribution in [1.29, 1.82) is 0 Å². The average molecular weight is 279 g/mol. The third-order valence-electron chi connectivity index (χ3n) is 3.90. The fourth-order valence-electron chi connectivity index (χ4n) is 2.29. The number of halogens is 1. The van der Waals surface area contributed by atoms with Gasteiger partial charge in [0.15, 0.2) is 0 Å². The number of amidine groups is 1. The van der Waals surface area contributed by atoms with Crippen LogP contribution in [0.1, 0.15) is 36.7 Å². The number of rotatable bonds is 2. The van der Waals surface area contributed by atoms with E-state index in [2.05, 4.69) is 4.99 Å². The molecule has 6 heteroatoms. The number of primary amides is 1. The fourth-order valence-corrected chi connectivity index (χ4v) is 2.29. The van der Waals surface area contributed by atoms with Gasteiger partial charge in [-0.3, -0.25) is 9.79 Å². The normalized spacial score (nSPS) is 25.1. The van der Waals surface area contributed by atoms with Crippen LogP contribution in [-0.2, 0) is 10.3 Å². The Kier molecular flexibility index (Phi) is 3.29. The number of aliphatic imine (C=N–C) groups is 1. The van der Waals surface area contributed by atoms with E-state index in [0.29, 0.717) is 0 Å². The van der Waals surface area contributed by atoms with E-state index in [1.54, 1.807) is 20.8 Å². The maximum absolute atomic E-state index is 14.2. The standard InChI is InChI=1S/C14H18FN3O2/c1-13(2)14(3,18-11(16)7-20-13)9-6-8(12(17)19)4-5-10(9)15/h4-6H,7H2,1-3H3,(H2,16,18)(H2,17,19)/t14-/m1/s1. The number of nitrogens with zero attached hydrogens (tertiary/aromatic N) is 1. The molecule has 1 aliphatic rings. The molecule has 1 amide bonds. The molecule has 0 spiro atoms. The highest BCUT2D eigenvalue weighted by atomic mass is 19.1. The molecular formula is C14H18FN3O2. The van der Waals surface area contributed by atoms with E-state index < -0.39 is 22.9 Å². The van der Waals surface area contributed by atoms with Crippen molar-refractivity contribution in [2.75, 3.05) is 6.61 Å². The van der Waals surface area contributed by atoms with Gasteiger partial charge in [-0.2, -0.15) is 0 Å². The van der Waals surface area contributed by atoms with E-state index in [9.17, 15) is 9.18 Å². The third kappa shape index (κ3) is 2.16. The van der Waals surface area contributed by atoms with Crippen LogP contribution in [0, 0.1) is 5.82 Å². The molecule has 2 rings (SSSR count). The lowest BCUT2D eigenvalue weighted by molar-refractivity contribution is -0.0637. The minimum atomic E-state index is -1.04. The maximum Gasteiger partial charge on any atom is 0.248 e. The van der Waals surface area contributed by atoms with Crippen LogP contribution in [-0.4, -0.2) is 24.0 Å². The van der Waals surface area contributed by atoms with Crippen LogP contribution in [0.3, 0.4) is 0 Å². The zero-order valence-corrected chi connectivity index (χ0v) is 11.7. The zero-order chi connectivity index (χ0) is 15.1. The van der Waals surface area contributed by atoms with E-state index in [-0.39, 0.29) is 23.6 Å². The summed E-state index contributed by atoms with van der Waals surface area (Å²) in [6.45, 7) is 5.53. The van der Waals surface area contributed by atoms with E-state index >= 15 is 0 Å². The summed E-state index contributed by atoms with van der Waals surface area (Å²) in [6.07, 6.45) is 0. The van der Waals surface area contributed by atoms with Gasteiger partial charge in [0.1, 0.15) is 23.8 Å². The summed E-state index contributed by atoms with van der Waals surface area (Å²) < 4.78 is 19.9. The second kappa shape index (κ2) is 4.56. The average Bonchev–Trinajstić information content (AvgIpc) is 2.35. The largest absolute Gasteiger partial charge is 0.386 e. The van der Waals surface area contributed by atoms with Crippen molar-refractivity contribution in [1.82, 2.24) is 0 Å². The Morgan fingerprint density at radius 2 is 2.05 bits per heavy atom. The first-order valence-electron chi connectivity index (χ1n) is 6.25. The molecule has 0 bridgehead atoms. The Labute approximate surface area is 116 Å². The molecule has 1 atom stereocenters. The quantitative estimate of drug-likeness (QED) is 0.855. The number of hydrogen-bond acceptors (Lipinski definition) is 4. The molecule has 1 aliphatic heterocycles. The van der Waals surface area contributed by atoms with Crippen LogP contribution in [0.25, 0.3) is 0 Å². The van der Waals surface area contributed by atoms with Gasteiger partial charge in [0.25, 0.3) is 0 Å². The van der Waals surface area contributed by atoms with Crippen LogP contribution in [0.2, 0.25) is 0 Å². The number of carbonyl (C=O) groups excluding carboxylic acids is 1. The van der Waals surface area contributed by atoms with Crippen molar-refractivity contribution >= 4 is 11.7 Å². The van der Waals surface area contributed by atoms with Gasteiger partial charge in [0.2, 0.25) is 5.91 Å². The van der Waals surface area contributed by atoms with Crippen LogP contribution in [0.5, 0.6) is 0 Å². The van der Waals surface area contributed by atoms with Crippen molar-refractivity contribution in [2.24, 2.45) is 16.5 Å². The molecule has 0 aliphatic carbocycles. The van der Waals surface area contributed by atoms with Crippen LogP contribution in [0.4, 0.5) is 4.39 Å². The first-order valence-corrected chi connectivity index (χ1v) is 6.25. The molecule has 108 valence electrons. The van der Waals surface area contributed by atoms with Crippen molar-refractivity contribution in [3.63, 3.8) is 0 Å². The first-order chi connectivity index (χ1) is 9.17. The van der Waals surface area contributed by atoms with Crippen LogP contribution < -0.4 is 11.5 Å². The summed E-state index contributed by atoms with van der Waals surface area (Å²) >= 11 is 0. The highest BCUT2D eigenvalue weighted by Crippen LogP contribution is 2.42. The van der Waals surface area contributed by atoms with Crippen LogP contribution >= 0.6 is 0 Å². The molecule has 1 heterocycles. The van der Waals surface area contributed by atoms with E-state index in [4.69, 9.17) is 16.2 Å². The minimum absolute atomic E-state index is 0.194. The Morgan fingerprint density at radius 3 is 2.65 bits per heavy atom. The number of nitrogens with two attached hydrogens (primary N) is 2. The third-order valence-corrected chi connectivity index (χ3v) is 3.90. The molecule has 20 heavy (non-hydrogen) atoms. The molecule has 0 unspecified atom stereocenters. The summed E-state index contributed by atoms with van der Waals surface area (Å²) in [7, 11) is 0. The number of ether oxygens (including phenoxy) is 1. The Morgan fingerprint density at radius 1 is 1.40 bits per heavy atom. The summed E-state index contributed by atoms with van der Waals surface area (Å²) in [6, 6.07) is 3.95. The SMILES string of the molecule is CC1(C)OCC(N)=N[C@]1(C)c1cc(C(N)=O)ccc1F. The predicted octanol–water partition coefficient (Wildman–Crippen LogP) is 1.31. The lowest BCUT2D eigenvalue weighted by Crippen LogP contribution is -2.52. The monoisotopic (exact) mass is 279 g/mol. The first kappa shape index (κ1) is 14.5. The number of hydrogen-bond donors (Lipinski definition) is 2.